The van der Waals surface area contributed by atoms with Crippen LogP contribution in [-0.4, -0.2) is 11.7 Å². The summed E-state index contributed by atoms with van der Waals surface area (Å²) in [6.07, 6.45) is 22.1. The zero-order valence-corrected chi connectivity index (χ0v) is 14.4. The molecule has 0 fully saturated rings. The first-order chi connectivity index (χ1) is 10.8. The summed E-state index contributed by atoms with van der Waals surface area (Å²) in [6.45, 7) is 2.50. The van der Waals surface area contributed by atoms with Gasteiger partial charge in [-0.15, -0.1) is 10.1 Å². The van der Waals surface area contributed by atoms with Crippen molar-refractivity contribution in [2.45, 2.75) is 96.8 Å². The predicted octanol–water partition coefficient (Wildman–Crippen LogP) is 6.23. The maximum Gasteiger partial charge on any atom is 0.294 e. The quantitative estimate of drug-likeness (QED) is 0.138. The van der Waals surface area contributed by atoms with Crippen LogP contribution in [0.4, 0.5) is 0 Å². The first-order valence-corrected chi connectivity index (χ1v) is 9.19. The van der Waals surface area contributed by atoms with Gasteiger partial charge in [0.1, 0.15) is 0 Å². The number of hydrogen-bond acceptors (Lipinski definition) is 3. The van der Waals surface area contributed by atoms with E-state index in [0.29, 0.717) is 0 Å². The number of rotatable bonds is 17. The van der Waals surface area contributed by atoms with Crippen molar-refractivity contribution in [3.63, 3.8) is 0 Å². The Hall–Kier alpha value is -1.06. The van der Waals surface area contributed by atoms with Crippen molar-refractivity contribution < 1.29 is 9.92 Å². The lowest BCUT2D eigenvalue weighted by atomic mass is 10.1. The minimum atomic E-state index is -0.711. The molecule has 0 aliphatic rings. The average molecular weight is 313 g/mol. The van der Waals surface area contributed by atoms with Gasteiger partial charge in [0.2, 0.25) is 0 Å². The van der Waals surface area contributed by atoms with Gasteiger partial charge in [0.25, 0.3) is 5.09 Å². The van der Waals surface area contributed by atoms with Gasteiger partial charge in [0.05, 0.1) is 6.61 Å². The molecule has 0 aromatic heterocycles. The summed E-state index contributed by atoms with van der Waals surface area (Å²) in [5.74, 6) is 0. The molecule has 0 atom stereocenters. The minimum Gasteiger partial charge on any atom is -0.314 e. The van der Waals surface area contributed by atoms with Crippen molar-refractivity contribution in [1.82, 2.24) is 0 Å². The summed E-state index contributed by atoms with van der Waals surface area (Å²) < 4.78 is 0. The molecule has 0 unspecified atom stereocenters. The molecule has 4 nitrogen and oxygen atoms in total. The lowest BCUT2D eigenvalue weighted by Crippen LogP contribution is -2.01. The maximum atomic E-state index is 9.94. The summed E-state index contributed by atoms with van der Waals surface area (Å²) in [5, 5.41) is 9.23. The van der Waals surface area contributed by atoms with Crippen molar-refractivity contribution in [3.05, 3.63) is 22.3 Å². The van der Waals surface area contributed by atoms with Gasteiger partial charge in [0, 0.05) is 0 Å². The second-order valence-corrected chi connectivity index (χ2v) is 5.99. The number of nitrogens with zero attached hydrogens (tertiary/aromatic N) is 1. The van der Waals surface area contributed by atoms with E-state index in [2.05, 4.69) is 23.9 Å². The normalized spacial score (nSPS) is 11.1. The molecule has 0 spiro atoms. The third kappa shape index (κ3) is 18.9. The Morgan fingerprint density at radius 3 is 1.73 bits per heavy atom. The third-order valence-corrected chi connectivity index (χ3v) is 3.85. The Morgan fingerprint density at radius 1 is 0.773 bits per heavy atom. The summed E-state index contributed by atoms with van der Waals surface area (Å²) in [7, 11) is 0. The molecule has 130 valence electrons. The van der Waals surface area contributed by atoms with E-state index >= 15 is 0 Å². The molecule has 0 aromatic carbocycles. The molecule has 0 radical (unpaired) electrons. The number of unbranched alkanes of at least 4 members (excludes halogenated alkanes) is 12. The van der Waals surface area contributed by atoms with Crippen LogP contribution in [0, 0.1) is 10.1 Å². The highest BCUT2D eigenvalue weighted by molar-refractivity contribution is 4.81. The van der Waals surface area contributed by atoms with E-state index in [1.54, 1.807) is 0 Å². The van der Waals surface area contributed by atoms with Crippen molar-refractivity contribution in [1.29, 1.82) is 0 Å². The zero-order chi connectivity index (χ0) is 16.3. The summed E-state index contributed by atoms with van der Waals surface area (Å²) in [4.78, 5) is 14.2. The van der Waals surface area contributed by atoms with E-state index in [4.69, 9.17) is 0 Å². The SMILES string of the molecule is CCCCCCCCC=CCCCCCCCCO[N+](=O)[O-]. The van der Waals surface area contributed by atoms with Gasteiger partial charge in [-0.3, -0.25) is 0 Å². The molecule has 0 bridgehead atoms. The molecule has 0 aliphatic heterocycles. The molecule has 4 heteroatoms. The fraction of sp³-hybridized carbons (Fsp3) is 0.889. The second-order valence-electron chi connectivity index (χ2n) is 5.99. The van der Waals surface area contributed by atoms with Gasteiger partial charge in [-0.1, -0.05) is 76.9 Å². The Bertz CT molecular complexity index is 267. The average Bonchev–Trinajstić information content (AvgIpc) is 2.50. The zero-order valence-electron chi connectivity index (χ0n) is 14.4. The molecule has 0 saturated carbocycles. The van der Waals surface area contributed by atoms with Crippen LogP contribution in [-0.2, 0) is 4.84 Å². The topological polar surface area (TPSA) is 52.4 Å². The third-order valence-electron chi connectivity index (χ3n) is 3.85. The highest BCUT2D eigenvalue weighted by Crippen LogP contribution is 2.09. The minimum absolute atomic E-state index is 0.244. The molecule has 0 aliphatic carbocycles. The summed E-state index contributed by atoms with van der Waals surface area (Å²) in [5.41, 5.74) is 0. The maximum absolute atomic E-state index is 9.94. The molecule has 22 heavy (non-hydrogen) atoms. The van der Waals surface area contributed by atoms with Crippen LogP contribution in [0.2, 0.25) is 0 Å². The van der Waals surface area contributed by atoms with E-state index in [9.17, 15) is 10.1 Å². The van der Waals surface area contributed by atoms with Gasteiger partial charge in [-0.2, -0.15) is 0 Å². The Kier molecular flexibility index (Phi) is 17.1. The van der Waals surface area contributed by atoms with Crippen LogP contribution >= 0.6 is 0 Å². The first kappa shape index (κ1) is 20.9. The van der Waals surface area contributed by atoms with Crippen molar-refractivity contribution in [2.75, 3.05) is 6.61 Å². The summed E-state index contributed by atoms with van der Waals surface area (Å²) in [6, 6.07) is 0. The van der Waals surface area contributed by atoms with Crippen molar-refractivity contribution >= 4 is 0 Å². The van der Waals surface area contributed by atoms with E-state index in [-0.39, 0.29) is 6.61 Å². The first-order valence-electron chi connectivity index (χ1n) is 9.19. The van der Waals surface area contributed by atoms with Crippen molar-refractivity contribution in [2.24, 2.45) is 0 Å². The standard InChI is InChI=1S/C18H35NO3/c1-2-3-4-5-6-7-8-9-10-11-12-13-14-15-16-17-18-22-19(20)21/h9-10H,2-8,11-18H2,1H3. The molecule has 0 aromatic rings. The smallest absolute Gasteiger partial charge is 0.294 e. The number of hydrogen-bond donors (Lipinski definition) is 0. The fourth-order valence-corrected chi connectivity index (χ4v) is 2.49. The second kappa shape index (κ2) is 18.0. The van der Waals surface area contributed by atoms with Gasteiger partial charge >= 0.3 is 0 Å². The lowest BCUT2D eigenvalue weighted by molar-refractivity contribution is -0.757. The molecule has 0 amide bonds. The predicted molar refractivity (Wildman–Crippen MR) is 92.4 cm³/mol. The van der Waals surface area contributed by atoms with Crippen LogP contribution < -0.4 is 0 Å². The van der Waals surface area contributed by atoms with E-state index < -0.39 is 5.09 Å². The lowest BCUT2D eigenvalue weighted by Gasteiger charge is -2.00. The molecule has 0 heterocycles. The van der Waals surface area contributed by atoms with Crippen LogP contribution in [0.15, 0.2) is 12.2 Å². The van der Waals surface area contributed by atoms with Gasteiger partial charge in [-0.25, -0.2) is 0 Å². The van der Waals surface area contributed by atoms with Gasteiger partial charge in [-0.05, 0) is 32.1 Å². The van der Waals surface area contributed by atoms with Gasteiger partial charge in [0.15, 0.2) is 0 Å². The Morgan fingerprint density at radius 2 is 1.23 bits per heavy atom. The van der Waals surface area contributed by atoms with Crippen LogP contribution in [0.1, 0.15) is 96.8 Å². The van der Waals surface area contributed by atoms with Gasteiger partial charge < -0.3 is 4.84 Å². The van der Waals surface area contributed by atoms with Crippen LogP contribution in [0.3, 0.4) is 0 Å². The summed E-state index contributed by atoms with van der Waals surface area (Å²) >= 11 is 0. The fourth-order valence-electron chi connectivity index (χ4n) is 2.49. The Labute approximate surface area is 136 Å². The van der Waals surface area contributed by atoms with E-state index in [0.717, 1.165) is 19.3 Å². The van der Waals surface area contributed by atoms with E-state index in [1.807, 2.05) is 0 Å². The highest BCUT2D eigenvalue weighted by atomic mass is 16.9. The monoisotopic (exact) mass is 313 g/mol. The Balaban J connectivity index is 3.06. The molecule has 0 saturated heterocycles. The number of allylic oxidation sites excluding steroid dienone is 2. The van der Waals surface area contributed by atoms with Crippen molar-refractivity contribution in [3.8, 4) is 0 Å². The van der Waals surface area contributed by atoms with Crippen LogP contribution in [0.25, 0.3) is 0 Å². The molecule has 0 rings (SSSR count). The molecular weight excluding hydrogens is 278 g/mol. The molecular formula is C18H35NO3. The largest absolute Gasteiger partial charge is 0.314 e. The highest BCUT2D eigenvalue weighted by Gasteiger charge is 1.95. The van der Waals surface area contributed by atoms with Crippen LogP contribution in [0.5, 0.6) is 0 Å². The van der Waals surface area contributed by atoms with E-state index in [1.165, 1.54) is 70.6 Å². The molecule has 0 N–H and O–H groups in total.